The van der Waals surface area contributed by atoms with E-state index in [9.17, 15) is 9.18 Å². The number of amidine groups is 1. The molecular weight excluding hydrogens is 431 g/mol. The van der Waals surface area contributed by atoms with Gasteiger partial charge in [0.1, 0.15) is 17.8 Å². The number of benzene rings is 2. The fourth-order valence-corrected chi connectivity index (χ4v) is 4.58. The Balaban J connectivity index is 1.15. The molecule has 3 unspecified atom stereocenters. The summed E-state index contributed by atoms with van der Waals surface area (Å²) in [5, 5.41) is 10.1. The largest absolute Gasteiger partial charge is 0.352 e. The van der Waals surface area contributed by atoms with Crippen molar-refractivity contribution in [2.45, 2.75) is 44.1 Å². The number of hydrazone groups is 1. The normalized spacial score (nSPS) is 23.4. The number of nitrogens with zero attached hydrogens (tertiary/aromatic N) is 3. The van der Waals surface area contributed by atoms with E-state index >= 15 is 0 Å². The minimum atomic E-state index is -0.234. The Labute approximate surface area is 190 Å². The summed E-state index contributed by atoms with van der Waals surface area (Å²) in [6.07, 6.45) is 5.67. The highest BCUT2D eigenvalue weighted by molar-refractivity contribution is 6.31. The Morgan fingerprint density at radius 2 is 2.00 bits per heavy atom. The molecule has 0 bridgehead atoms. The second-order valence-electron chi connectivity index (χ2n) is 8.12. The molecule has 3 aliphatic rings. The van der Waals surface area contributed by atoms with E-state index in [0.717, 1.165) is 23.4 Å². The molecule has 1 saturated heterocycles. The van der Waals surface area contributed by atoms with Crippen molar-refractivity contribution in [2.75, 3.05) is 0 Å². The lowest BCUT2D eigenvalue weighted by molar-refractivity contribution is -0.121. The van der Waals surface area contributed by atoms with Crippen molar-refractivity contribution in [3.05, 3.63) is 82.9 Å². The van der Waals surface area contributed by atoms with E-state index in [4.69, 9.17) is 11.6 Å². The van der Waals surface area contributed by atoms with Crippen LogP contribution in [0.1, 0.15) is 36.4 Å². The van der Waals surface area contributed by atoms with Crippen molar-refractivity contribution >= 4 is 23.3 Å². The molecule has 0 saturated carbocycles. The van der Waals surface area contributed by atoms with Crippen molar-refractivity contribution in [2.24, 2.45) is 5.10 Å². The first-order chi connectivity index (χ1) is 15.6. The fraction of sp³-hybridized carbons (Fsp3) is 0.304. The van der Waals surface area contributed by atoms with Gasteiger partial charge in [-0.25, -0.2) is 9.82 Å². The molecule has 7 nitrogen and oxygen atoms in total. The molecule has 0 aliphatic carbocycles. The molecule has 1 fully saturated rings. The molecule has 5 rings (SSSR count). The van der Waals surface area contributed by atoms with E-state index in [1.165, 1.54) is 12.1 Å². The van der Waals surface area contributed by atoms with Crippen LogP contribution < -0.4 is 16.2 Å². The number of carbonyl (C=O) groups excluding carboxylic acids is 1. The number of halogens is 2. The van der Waals surface area contributed by atoms with Crippen LogP contribution in [0.4, 0.5) is 4.39 Å². The Morgan fingerprint density at radius 3 is 2.81 bits per heavy atom. The van der Waals surface area contributed by atoms with Crippen LogP contribution in [0, 0.1) is 5.82 Å². The predicted octanol–water partition coefficient (Wildman–Crippen LogP) is 3.23. The van der Waals surface area contributed by atoms with E-state index in [2.05, 4.69) is 31.2 Å². The number of hydrogen-bond donors (Lipinski definition) is 3. The Kier molecular flexibility index (Phi) is 5.71. The van der Waals surface area contributed by atoms with Crippen LogP contribution in [0.3, 0.4) is 0 Å². The van der Waals surface area contributed by atoms with Crippen LogP contribution in [-0.2, 0) is 11.3 Å². The summed E-state index contributed by atoms with van der Waals surface area (Å²) >= 11 is 6.15. The molecule has 2 aromatic carbocycles. The number of amides is 1. The van der Waals surface area contributed by atoms with Gasteiger partial charge in [-0.1, -0.05) is 41.9 Å². The van der Waals surface area contributed by atoms with Gasteiger partial charge in [-0.05, 0) is 35.7 Å². The van der Waals surface area contributed by atoms with E-state index in [-0.39, 0.29) is 30.0 Å². The van der Waals surface area contributed by atoms with Crippen molar-refractivity contribution in [1.29, 1.82) is 0 Å². The molecule has 1 amide bonds. The summed E-state index contributed by atoms with van der Waals surface area (Å²) in [5.74, 6) is 0.559. The lowest BCUT2D eigenvalue weighted by Gasteiger charge is -2.37. The van der Waals surface area contributed by atoms with Gasteiger partial charge in [-0.2, -0.15) is 5.10 Å². The first-order valence-electron chi connectivity index (χ1n) is 10.7. The zero-order valence-electron chi connectivity index (χ0n) is 17.3. The molecule has 166 valence electrons. The molecule has 32 heavy (non-hydrogen) atoms. The van der Waals surface area contributed by atoms with Gasteiger partial charge in [0.05, 0.1) is 12.1 Å². The highest BCUT2D eigenvalue weighted by Gasteiger charge is 2.44. The van der Waals surface area contributed by atoms with Crippen LogP contribution >= 0.6 is 11.6 Å². The third-order valence-electron chi connectivity index (χ3n) is 6.10. The summed E-state index contributed by atoms with van der Waals surface area (Å²) < 4.78 is 13.3. The molecule has 3 aliphatic heterocycles. The summed E-state index contributed by atoms with van der Waals surface area (Å²) in [4.78, 5) is 14.4. The van der Waals surface area contributed by atoms with Crippen LogP contribution in [0.25, 0.3) is 0 Å². The number of hydrogen-bond acceptors (Lipinski definition) is 6. The molecule has 3 atom stereocenters. The van der Waals surface area contributed by atoms with Gasteiger partial charge in [-0.15, -0.1) is 0 Å². The summed E-state index contributed by atoms with van der Waals surface area (Å²) in [5.41, 5.74) is 8.64. The van der Waals surface area contributed by atoms with Gasteiger partial charge in [-0.3, -0.25) is 10.2 Å². The molecule has 2 aromatic rings. The van der Waals surface area contributed by atoms with Gasteiger partial charge < -0.3 is 15.2 Å². The van der Waals surface area contributed by atoms with Gasteiger partial charge in [0, 0.05) is 36.8 Å². The van der Waals surface area contributed by atoms with Crippen molar-refractivity contribution in [3.8, 4) is 0 Å². The molecule has 9 heteroatoms. The minimum Gasteiger partial charge on any atom is -0.352 e. The highest BCUT2D eigenvalue weighted by atomic mass is 35.5. The van der Waals surface area contributed by atoms with Crippen molar-refractivity contribution < 1.29 is 9.18 Å². The number of fused-ring (bicyclic) bond motifs is 3. The predicted molar refractivity (Wildman–Crippen MR) is 120 cm³/mol. The lowest BCUT2D eigenvalue weighted by atomic mass is 9.99. The van der Waals surface area contributed by atoms with E-state index < -0.39 is 0 Å². The first-order valence-corrected chi connectivity index (χ1v) is 11.0. The van der Waals surface area contributed by atoms with Crippen LogP contribution in [0.15, 0.2) is 66.0 Å². The molecule has 0 radical (unpaired) electrons. The standard InChI is InChI=1S/C23H24ClFN6O/c24-18-4-2-1-3-16(18)14-26-22(32)10-9-21-27-28-23-20-13-19(15-5-7-17(25)8-6-15)29-31(20)12-11-30(21)23/h1-8,11-12,19-20,23,28-29H,9-10,13-14H2,(H,26,32). The highest BCUT2D eigenvalue weighted by Crippen LogP contribution is 2.34. The average molecular weight is 455 g/mol. The maximum Gasteiger partial charge on any atom is 0.220 e. The van der Waals surface area contributed by atoms with Crippen LogP contribution in [0.2, 0.25) is 5.02 Å². The Bertz CT molecular complexity index is 1060. The number of nitrogens with one attached hydrogen (secondary N) is 3. The smallest absolute Gasteiger partial charge is 0.220 e. The maximum atomic E-state index is 13.3. The van der Waals surface area contributed by atoms with Gasteiger partial charge in [0.2, 0.25) is 5.91 Å². The minimum absolute atomic E-state index is 0.0147. The summed E-state index contributed by atoms with van der Waals surface area (Å²) in [7, 11) is 0. The van der Waals surface area contributed by atoms with Crippen molar-refractivity contribution in [1.82, 2.24) is 26.1 Å². The Morgan fingerprint density at radius 1 is 1.19 bits per heavy atom. The molecule has 3 heterocycles. The SMILES string of the molecule is O=C(CCC1=NNC2C3CC(c4ccc(F)cc4)NN3C=CN12)NCc1ccccc1Cl. The molecule has 0 spiro atoms. The molecule has 3 N–H and O–H groups in total. The number of rotatable bonds is 6. The van der Waals surface area contributed by atoms with Gasteiger partial charge in [0.25, 0.3) is 0 Å². The van der Waals surface area contributed by atoms with E-state index in [1.807, 2.05) is 48.8 Å². The monoisotopic (exact) mass is 454 g/mol. The van der Waals surface area contributed by atoms with Gasteiger partial charge in [0.15, 0.2) is 0 Å². The quantitative estimate of drug-likeness (QED) is 0.625. The second kappa shape index (κ2) is 8.80. The van der Waals surface area contributed by atoms with Crippen molar-refractivity contribution in [3.63, 3.8) is 0 Å². The van der Waals surface area contributed by atoms with Crippen LogP contribution in [-0.4, -0.2) is 33.9 Å². The van der Waals surface area contributed by atoms with Gasteiger partial charge >= 0.3 is 0 Å². The molecular formula is C23H24ClFN6O. The third kappa shape index (κ3) is 4.16. The number of hydrazine groups is 1. The molecule has 0 aromatic heterocycles. The van der Waals surface area contributed by atoms with E-state index in [1.54, 1.807) is 0 Å². The summed E-state index contributed by atoms with van der Waals surface area (Å²) in [6, 6.07) is 14.4. The first kappa shape index (κ1) is 20.8. The topological polar surface area (TPSA) is 72.0 Å². The second-order valence-corrected chi connectivity index (χ2v) is 8.53. The Hall–Kier alpha value is -3.10. The number of carbonyl (C=O) groups is 1. The van der Waals surface area contributed by atoms with Crippen LogP contribution in [0.5, 0.6) is 0 Å². The summed E-state index contributed by atoms with van der Waals surface area (Å²) in [6.45, 7) is 0.406. The fourth-order valence-electron chi connectivity index (χ4n) is 4.37. The zero-order chi connectivity index (χ0) is 22.1. The maximum absolute atomic E-state index is 13.3. The average Bonchev–Trinajstić information content (AvgIpc) is 3.41. The third-order valence-corrected chi connectivity index (χ3v) is 6.47. The lowest BCUT2D eigenvalue weighted by Crippen LogP contribution is -2.54. The van der Waals surface area contributed by atoms with E-state index in [0.29, 0.717) is 24.4 Å². The zero-order valence-corrected chi connectivity index (χ0v) is 18.1.